The van der Waals surface area contributed by atoms with Crippen LogP contribution in [0.3, 0.4) is 0 Å². The summed E-state index contributed by atoms with van der Waals surface area (Å²) >= 11 is 5.81. The first-order valence-electron chi connectivity index (χ1n) is 6.54. The highest BCUT2D eigenvalue weighted by molar-refractivity contribution is 6.18. The molecule has 1 aromatic heterocycles. The Kier molecular flexibility index (Phi) is 4.78. The van der Waals surface area contributed by atoms with Crippen LogP contribution in [0.25, 0.3) is 0 Å². The first-order valence-corrected chi connectivity index (χ1v) is 7.08. The van der Waals surface area contributed by atoms with Gasteiger partial charge in [-0.1, -0.05) is 0 Å². The molecular weight excluding hydrogens is 248 g/mol. The lowest BCUT2D eigenvalue weighted by Crippen LogP contribution is -2.32. The van der Waals surface area contributed by atoms with E-state index in [1.807, 2.05) is 13.8 Å². The van der Waals surface area contributed by atoms with Crippen molar-refractivity contribution < 1.29 is 0 Å². The zero-order valence-corrected chi connectivity index (χ0v) is 11.9. The molecule has 18 heavy (non-hydrogen) atoms. The SMILES string of the molecule is Cc1cc(N2CCCN(CCCl)CC2)nc(C)n1. The Morgan fingerprint density at radius 1 is 1.17 bits per heavy atom. The maximum Gasteiger partial charge on any atom is 0.132 e. The van der Waals surface area contributed by atoms with Gasteiger partial charge in [-0.15, -0.1) is 11.6 Å². The van der Waals surface area contributed by atoms with E-state index in [0.29, 0.717) is 5.88 Å². The molecule has 0 unspecified atom stereocenters. The van der Waals surface area contributed by atoms with E-state index >= 15 is 0 Å². The molecule has 0 saturated carbocycles. The zero-order valence-electron chi connectivity index (χ0n) is 11.2. The Morgan fingerprint density at radius 3 is 2.72 bits per heavy atom. The Labute approximate surface area is 114 Å². The maximum atomic E-state index is 5.81. The van der Waals surface area contributed by atoms with Gasteiger partial charge in [-0.05, 0) is 26.8 Å². The fraction of sp³-hybridized carbons (Fsp3) is 0.692. The van der Waals surface area contributed by atoms with Crippen molar-refractivity contribution in [2.45, 2.75) is 20.3 Å². The fourth-order valence-electron chi connectivity index (χ4n) is 2.40. The van der Waals surface area contributed by atoms with Crippen molar-refractivity contribution in [3.63, 3.8) is 0 Å². The van der Waals surface area contributed by atoms with Crippen LogP contribution in [0.2, 0.25) is 0 Å². The summed E-state index contributed by atoms with van der Waals surface area (Å²) in [5.41, 5.74) is 1.04. The fourth-order valence-corrected chi connectivity index (χ4v) is 2.64. The molecule has 1 aliphatic rings. The topological polar surface area (TPSA) is 32.3 Å². The van der Waals surface area contributed by atoms with E-state index < -0.39 is 0 Å². The van der Waals surface area contributed by atoms with E-state index in [1.165, 1.54) is 6.42 Å². The lowest BCUT2D eigenvalue weighted by Gasteiger charge is -2.22. The third-order valence-electron chi connectivity index (χ3n) is 3.27. The molecule has 1 aliphatic heterocycles. The Bertz CT molecular complexity index is 376. The summed E-state index contributed by atoms with van der Waals surface area (Å²) in [6.07, 6.45) is 1.17. The van der Waals surface area contributed by atoms with Crippen molar-refractivity contribution in [1.29, 1.82) is 0 Å². The monoisotopic (exact) mass is 268 g/mol. The van der Waals surface area contributed by atoms with Crippen LogP contribution < -0.4 is 4.90 Å². The molecule has 2 rings (SSSR count). The highest BCUT2D eigenvalue weighted by Crippen LogP contribution is 2.15. The highest BCUT2D eigenvalue weighted by Gasteiger charge is 2.16. The van der Waals surface area contributed by atoms with Gasteiger partial charge in [0.2, 0.25) is 0 Å². The van der Waals surface area contributed by atoms with Gasteiger partial charge < -0.3 is 9.80 Å². The minimum Gasteiger partial charge on any atom is -0.355 e. The second kappa shape index (κ2) is 6.34. The number of anilines is 1. The van der Waals surface area contributed by atoms with Gasteiger partial charge in [-0.25, -0.2) is 9.97 Å². The number of aromatic nitrogens is 2. The molecule has 1 fully saturated rings. The van der Waals surface area contributed by atoms with Gasteiger partial charge in [0, 0.05) is 43.8 Å². The number of rotatable bonds is 3. The smallest absolute Gasteiger partial charge is 0.132 e. The number of hydrogen-bond acceptors (Lipinski definition) is 4. The molecule has 0 radical (unpaired) electrons. The normalized spacial score (nSPS) is 17.8. The standard InChI is InChI=1S/C13H21ClN4/c1-11-10-13(16-12(2)15-11)18-6-3-5-17(7-4-14)8-9-18/h10H,3-9H2,1-2H3. The van der Waals surface area contributed by atoms with Gasteiger partial charge in [0.05, 0.1) is 0 Å². The van der Waals surface area contributed by atoms with Crippen molar-refractivity contribution in [2.24, 2.45) is 0 Å². The third kappa shape index (κ3) is 3.56. The van der Waals surface area contributed by atoms with Gasteiger partial charge in [-0.3, -0.25) is 0 Å². The highest BCUT2D eigenvalue weighted by atomic mass is 35.5. The summed E-state index contributed by atoms with van der Waals surface area (Å²) < 4.78 is 0. The third-order valence-corrected chi connectivity index (χ3v) is 3.43. The number of nitrogens with zero attached hydrogens (tertiary/aromatic N) is 4. The van der Waals surface area contributed by atoms with Crippen molar-refractivity contribution in [2.75, 3.05) is 43.5 Å². The lowest BCUT2D eigenvalue weighted by atomic mass is 10.3. The molecule has 2 heterocycles. The lowest BCUT2D eigenvalue weighted by molar-refractivity contribution is 0.311. The van der Waals surface area contributed by atoms with Crippen molar-refractivity contribution >= 4 is 17.4 Å². The van der Waals surface area contributed by atoms with Gasteiger partial charge in [-0.2, -0.15) is 0 Å². The van der Waals surface area contributed by atoms with Crippen LogP contribution in [0, 0.1) is 13.8 Å². The second-order valence-corrected chi connectivity index (χ2v) is 5.16. The van der Waals surface area contributed by atoms with Gasteiger partial charge in [0.15, 0.2) is 0 Å². The molecular formula is C13H21ClN4. The minimum absolute atomic E-state index is 0.714. The summed E-state index contributed by atoms with van der Waals surface area (Å²) in [7, 11) is 0. The number of alkyl halides is 1. The number of hydrogen-bond donors (Lipinski definition) is 0. The first kappa shape index (κ1) is 13.6. The van der Waals surface area contributed by atoms with Crippen LogP contribution >= 0.6 is 11.6 Å². The first-order chi connectivity index (χ1) is 8.69. The van der Waals surface area contributed by atoms with Crippen LogP contribution in [0.1, 0.15) is 17.9 Å². The van der Waals surface area contributed by atoms with Gasteiger partial charge in [0.1, 0.15) is 11.6 Å². The summed E-state index contributed by atoms with van der Waals surface area (Å²) in [4.78, 5) is 13.7. The van der Waals surface area contributed by atoms with E-state index in [4.69, 9.17) is 11.6 Å². The van der Waals surface area contributed by atoms with E-state index in [-0.39, 0.29) is 0 Å². The molecule has 100 valence electrons. The molecule has 0 atom stereocenters. The van der Waals surface area contributed by atoms with Crippen LogP contribution in [0.4, 0.5) is 5.82 Å². The molecule has 1 saturated heterocycles. The van der Waals surface area contributed by atoms with Gasteiger partial charge in [0.25, 0.3) is 0 Å². The van der Waals surface area contributed by atoms with Crippen molar-refractivity contribution in [3.05, 3.63) is 17.6 Å². The van der Waals surface area contributed by atoms with Crippen LogP contribution in [0.15, 0.2) is 6.07 Å². The molecule has 0 spiro atoms. The quantitative estimate of drug-likeness (QED) is 0.783. The molecule has 5 heteroatoms. The largest absolute Gasteiger partial charge is 0.355 e. The van der Waals surface area contributed by atoms with Crippen LogP contribution in [0.5, 0.6) is 0 Å². The van der Waals surface area contributed by atoms with Crippen molar-refractivity contribution in [3.8, 4) is 0 Å². The number of halogens is 1. The molecule has 0 amide bonds. The summed E-state index contributed by atoms with van der Waals surface area (Å²) in [6, 6.07) is 2.07. The minimum atomic E-state index is 0.714. The molecule has 1 aromatic rings. The Hall–Kier alpha value is -0.870. The number of aryl methyl sites for hydroxylation is 2. The zero-order chi connectivity index (χ0) is 13.0. The van der Waals surface area contributed by atoms with Crippen molar-refractivity contribution in [1.82, 2.24) is 14.9 Å². The van der Waals surface area contributed by atoms with Gasteiger partial charge >= 0.3 is 0 Å². The molecule has 4 nitrogen and oxygen atoms in total. The Morgan fingerprint density at radius 2 is 2.00 bits per heavy atom. The maximum absolute atomic E-state index is 5.81. The van der Waals surface area contributed by atoms with E-state index in [2.05, 4.69) is 25.8 Å². The van der Waals surface area contributed by atoms with E-state index in [1.54, 1.807) is 0 Å². The predicted octanol–water partition coefficient (Wildman–Crippen LogP) is 1.84. The summed E-state index contributed by atoms with van der Waals surface area (Å²) in [6.45, 7) is 9.24. The molecule has 0 bridgehead atoms. The van der Waals surface area contributed by atoms with E-state index in [9.17, 15) is 0 Å². The molecule has 0 N–H and O–H groups in total. The molecule has 0 aromatic carbocycles. The average molecular weight is 269 g/mol. The predicted molar refractivity (Wildman–Crippen MR) is 75.5 cm³/mol. The average Bonchev–Trinajstić information content (AvgIpc) is 2.54. The summed E-state index contributed by atoms with van der Waals surface area (Å²) in [5.74, 6) is 2.63. The summed E-state index contributed by atoms with van der Waals surface area (Å²) in [5, 5.41) is 0. The van der Waals surface area contributed by atoms with Crippen LogP contribution in [-0.2, 0) is 0 Å². The second-order valence-electron chi connectivity index (χ2n) is 4.79. The van der Waals surface area contributed by atoms with Crippen LogP contribution in [-0.4, -0.2) is 53.5 Å². The molecule has 0 aliphatic carbocycles. The Balaban J connectivity index is 2.05. The van der Waals surface area contributed by atoms with E-state index in [0.717, 1.165) is 50.1 Å².